The van der Waals surface area contributed by atoms with Gasteiger partial charge in [-0.05, 0) is 37.3 Å². The van der Waals surface area contributed by atoms with E-state index in [9.17, 15) is 5.11 Å². The lowest BCUT2D eigenvalue weighted by Crippen LogP contribution is -1.99. The summed E-state index contributed by atoms with van der Waals surface area (Å²) in [6, 6.07) is 12.3. The van der Waals surface area contributed by atoms with Crippen LogP contribution >= 0.6 is 34.5 Å². The standard InChI is InChI=1S/C17H13Cl2N3OS/c1-10(12-4-2-3-5-16(12)23)21-22-17-20-15(9-24-17)13-7-6-11(18)8-14(13)19/h2-9,23H,1H3,(H,20,22). The Bertz CT molecular complexity index is 908. The topological polar surface area (TPSA) is 57.5 Å². The van der Waals surface area contributed by atoms with Crippen LogP contribution < -0.4 is 5.43 Å². The van der Waals surface area contributed by atoms with E-state index < -0.39 is 0 Å². The Hall–Kier alpha value is -2.08. The van der Waals surface area contributed by atoms with Gasteiger partial charge in [-0.25, -0.2) is 4.98 Å². The molecule has 0 amide bonds. The molecule has 0 saturated carbocycles. The van der Waals surface area contributed by atoms with Crippen molar-refractivity contribution in [2.45, 2.75) is 6.92 Å². The number of nitrogens with one attached hydrogen (secondary N) is 1. The predicted molar refractivity (Wildman–Crippen MR) is 102 cm³/mol. The van der Waals surface area contributed by atoms with Gasteiger partial charge in [0.25, 0.3) is 0 Å². The molecule has 0 fully saturated rings. The minimum atomic E-state index is 0.188. The molecular formula is C17H13Cl2N3OS. The van der Waals surface area contributed by atoms with E-state index in [4.69, 9.17) is 23.2 Å². The zero-order valence-corrected chi connectivity index (χ0v) is 15.0. The molecule has 0 aliphatic heterocycles. The molecule has 0 saturated heterocycles. The number of phenols is 1. The average Bonchev–Trinajstić information content (AvgIpc) is 3.01. The van der Waals surface area contributed by atoms with Crippen molar-refractivity contribution in [3.63, 3.8) is 0 Å². The Morgan fingerprint density at radius 3 is 2.75 bits per heavy atom. The predicted octanol–water partition coefficient (Wildman–Crippen LogP) is 5.66. The van der Waals surface area contributed by atoms with Crippen LogP contribution in [0.3, 0.4) is 0 Å². The SMILES string of the molecule is CC(=NNc1nc(-c2ccc(Cl)cc2Cl)cs1)c1ccccc1O. The van der Waals surface area contributed by atoms with E-state index in [0.29, 0.717) is 26.5 Å². The first-order chi connectivity index (χ1) is 11.5. The summed E-state index contributed by atoms with van der Waals surface area (Å²) >= 11 is 13.5. The number of benzene rings is 2. The van der Waals surface area contributed by atoms with Crippen molar-refractivity contribution in [1.29, 1.82) is 0 Å². The lowest BCUT2D eigenvalue weighted by molar-refractivity contribution is 0.474. The quantitative estimate of drug-likeness (QED) is 0.455. The molecule has 4 nitrogen and oxygen atoms in total. The van der Waals surface area contributed by atoms with E-state index in [1.165, 1.54) is 11.3 Å². The minimum Gasteiger partial charge on any atom is -0.507 e. The maximum atomic E-state index is 9.84. The van der Waals surface area contributed by atoms with Gasteiger partial charge in [0.2, 0.25) is 5.13 Å². The Morgan fingerprint density at radius 2 is 2.00 bits per heavy atom. The Labute approximate surface area is 153 Å². The van der Waals surface area contributed by atoms with Crippen LogP contribution in [0.4, 0.5) is 5.13 Å². The second kappa shape index (κ2) is 7.21. The summed E-state index contributed by atoms with van der Waals surface area (Å²) in [5.74, 6) is 0.188. The van der Waals surface area contributed by atoms with Gasteiger partial charge in [-0.15, -0.1) is 11.3 Å². The summed E-state index contributed by atoms with van der Waals surface area (Å²) in [4.78, 5) is 4.47. The Kier molecular flexibility index (Phi) is 5.04. The van der Waals surface area contributed by atoms with Gasteiger partial charge < -0.3 is 5.11 Å². The van der Waals surface area contributed by atoms with Gasteiger partial charge in [-0.3, -0.25) is 5.43 Å². The van der Waals surface area contributed by atoms with Crippen LogP contribution in [-0.4, -0.2) is 15.8 Å². The maximum Gasteiger partial charge on any atom is 0.203 e. The summed E-state index contributed by atoms with van der Waals surface area (Å²) < 4.78 is 0. The maximum absolute atomic E-state index is 9.84. The van der Waals surface area contributed by atoms with Crippen LogP contribution in [0.2, 0.25) is 10.0 Å². The fourth-order valence-electron chi connectivity index (χ4n) is 2.12. The highest BCUT2D eigenvalue weighted by Crippen LogP contribution is 2.32. The van der Waals surface area contributed by atoms with E-state index in [0.717, 1.165) is 11.3 Å². The molecule has 1 heterocycles. The molecule has 7 heteroatoms. The first kappa shape index (κ1) is 16.8. The number of para-hydroxylation sites is 1. The highest BCUT2D eigenvalue weighted by Gasteiger charge is 2.09. The smallest absolute Gasteiger partial charge is 0.203 e. The number of aromatic nitrogens is 1. The number of nitrogens with zero attached hydrogens (tertiary/aromatic N) is 2. The van der Waals surface area contributed by atoms with Crippen LogP contribution in [0.5, 0.6) is 5.75 Å². The number of aromatic hydroxyl groups is 1. The van der Waals surface area contributed by atoms with E-state index in [2.05, 4.69) is 15.5 Å². The molecule has 0 unspecified atom stereocenters. The monoisotopic (exact) mass is 377 g/mol. The largest absolute Gasteiger partial charge is 0.507 e. The van der Waals surface area contributed by atoms with Crippen molar-refractivity contribution in [2.24, 2.45) is 5.10 Å². The molecule has 1 aromatic heterocycles. The van der Waals surface area contributed by atoms with Crippen LogP contribution in [-0.2, 0) is 0 Å². The number of hydrogen-bond donors (Lipinski definition) is 2. The van der Waals surface area contributed by atoms with Gasteiger partial charge in [-0.2, -0.15) is 5.10 Å². The molecule has 24 heavy (non-hydrogen) atoms. The van der Waals surface area contributed by atoms with Gasteiger partial charge in [0.15, 0.2) is 0 Å². The van der Waals surface area contributed by atoms with Crippen LogP contribution in [0, 0.1) is 0 Å². The Balaban J connectivity index is 1.79. The molecule has 2 N–H and O–H groups in total. The average molecular weight is 378 g/mol. The van der Waals surface area contributed by atoms with Crippen molar-refractivity contribution in [3.8, 4) is 17.0 Å². The van der Waals surface area contributed by atoms with Crippen molar-refractivity contribution in [1.82, 2.24) is 4.98 Å². The summed E-state index contributed by atoms with van der Waals surface area (Å²) in [7, 11) is 0. The number of hydrazone groups is 1. The fraction of sp³-hybridized carbons (Fsp3) is 0.0588. The molecule has 3 aromatic rings. The summed E-state index contributed by atoms with van der Waals surface area (Å²) in [5.41, 5.74) is 5.80. The number of phenolic OH excluding ortho intramolecular Hbond substituents is 1. The molecular weight excluding hydrogens is 365 g/mol. The first-order valence-electron chi connectivity index (χ1n) is 7.04. The second-order valence-corrected chi connectivity index (χ2v) is 6.69. The lowest BCUT2D eigenvalue weighted by atomic mass is 10.1. The minimum absolute atomic E-state index is 0.188. The molecule has 0 radical (unpaired) electrons. The van der Waals surface area contributed by atoms with E-state index in [1.54, 1.807) is 30.3 Å². The zero-order valence-electron chi connectivity index (χ0n) is 12.6. The highest BCUT2D eigenvalue weighted by atomic mass is 35.5. The number of rotatable bonds is 4. The third kappa shape index (κ3) is 3.70. The van der Waals surface area contributed by atoms with Crippen molar-refractivity contribution in [3.05, 3.63) is 63.5 Å². The lowest BCUT2D eigenvalue weighted by Gasteiger charge is -2.03. The summed E-state index contributed by atoms with van der Waals surface area (Å²) in [6.07, 6.45) is 0. The number of halogens is 2. The van der Waals surface area contributed by atoms with Crippen molar-refractivity contribution >= 4 is 45.4 Å². The third-order valence-electron chi connectivity index (χ3n) is 3.32. The van der Waals surface area contributed by atoms with E-state index in [1.807, 2.05) is 24.4 Å². The first-order valence-corrected chi connectivity index (χ1v) is 8.68. The Morgan fingerprint density at radius 1 is 1.21 bits per heavy atom. The molecule has 0 aliphatic carbocycles. The van der Waals surface area contributed by atoms with Gasteiger partial charge >= 0.3 is 0 Å². The number of anilines is 1. The fourth-order valence-corrected chi connectivity index (χ4v) is 3.28. The van der Waals surface area contributed by atoms with Crippen LogP contribution in [0.15, 0.2) is 52.9 Å². The van der Waals surface area contributed by atoms with Gasteiger partial charge in [0.1, 0.15) is 5.75 Å². The van der Waals surface area contributed by atoms with Crippen LogP contribution in [0.25, 0.3) is 11.3 Å². The summed E-state index contributed by atoms with van der Waals surface area (Å²) in [5, 5.41) is 17.8. The van der Waals surface area contributed by atoms with Gasteiger partial charge in [0.05, 0.1) is 16.4 Å². The normalized spacial score (nSPS) is 11.5. The second-order valence-electron chi connectivity index (χ2n) is 4.99. The molecule has 0 aliphatic rings. The molecule has 122 valence electrons. The number of hydrogen-bond acceptors (Lipinski definition) is 5. The van der Waals surface area contributed by atoms with Gasteiger partial charge in [0, 0.05) is 21.5 Å². The zero-order chi connectivity index (χ0) is 17.1. The molecule has 0 atom stereocenters. The van der Waals surface area contributed by atoms with E-state index in [-0.39, 0.29) is 5.75 Å². The van der Waals surface area contributed by atoms with Crippen LogP contribution in [0.1, 0.15) is 12.5 Å². The highest BCUT2D eigenvalue weighted by molar-refractivity contribution is 7.14. The van der Waals surface area contributed by atoms with Crippen molar-refractivity contribution < 1.29 is 5.11 Å². The molecule has 0 bridgehead atoms. The number of thiazole rings is 1. The van der Waals surface area contributed by atoms with E-state index >= 15 is 0 Å². The van der Waals surface area contributed by atoms with Gasteiger partial charge in [-0.1, -0.05) is 35.3 Å². The third-order valence-corrected chi connectivity index (χ3v) is 4.62. The summed E-state index contributed by atoms with van der Waals surface area (Å²) in [6.45, 7) is 1.81. The molecule has 3 rings (SSSR count). The van der Waals surface area contributed by atoms with Crippen molar-refractivity contribution in [2.75, 3.05) is 5.43 Å². The molecule has 0 spiro atoms. The molecule has 2 aromatic carbocycles.